The van der Waals surface area contributed by atoms with E-state index in [0.29, 0.717) is 11.4 Å². The highest BCUT2D eigenvalue weighted by molar-refractivity contribution is 5.89. The van der Waals surface area contributed by atoms with Gasteiger partial charge in [-0.05, 0) is 12.1 Å². The molecule has 0 spiro atoms. The fourth-order valence-electron chi connectivity index (χ4n) is 3.22. The molecule has 7 nitrogen and oxygen atoms in total. The summed E-state index contributed by atoms with van der Waals surface area (Å²) >= 11 is 0. The van der Waals surface area contributed by atoms with Crippen molar-refractivity contribution in [2.24, 2.45) is 9.98 Å². The van der Waals surface area contributed by atoms with Gasteiger partial charge < -0.3 is 0 Å². The van der Waals surface area contributed by atoms with Crippen molar-refractivity contribution in [2.45, 2.75) is 12.3 Å². The largest absolute Gasteiger partial charge is 0.327 e. The van der Waals surface area contributed by atoms with Crippen molar-refractivity contribution in [3.63, 3.8) is 0 Å². The molecule has 3 fully saturated rings. The zero-order chi connectivity index (χ0) is 16.7. The second kappa shape index (κ2) is 5.28. The molecular weight excluding hydrogens is 308 g/mol. The number of carbonyl (C=O) groups excluding carboxylic acids is 3. The van der Waals surface area contributed by atoms with Crippen molar-refractivity contribution in [3.05, 3.63) is 59.7 Å². The number of hydrogen-bond acceptors (Lipinski definition) is 5. The smallest absolute Gasteiger partial charge is 0.274 e. The minimum absolute atomic E-state index is 0.111. The van der Waals surface area contributed by atoms with Gasteiger partial charge >= 0.3 is 6.03 Å². The third-order valence-electron chi connectivity index (χ3n) is 4.26. The lowest BCUT2D eigenvalue weighted by atomic mass is 9.91. The molecule has 3 aliphatic rings. The van der Waals surface area contributed by atoms with E-state index < -0.39 is 0 Å². The summed E-state index contributed by atoms with van der Waals surface area (Å²) in [6, 6.07) is 14.1. The van der Waals surface area contributed by atoms with E-state index in [9.17, 15) is 14.4 Å². The third kappa shape index (κ3) is 1.77. The first kappa shape index (κ1) is 14.1. The van der Waals surface area contributed by atoms with E-state index in [1.165, 1.54) is 12.2 Å². The Labute approximate surface area is 136 Å². The summed E-state index contributed by atoms with van der Waals surface area (Å²) in [5.74, 6) is 0. The zero-order valence-corrected chi connectivity index (χ0v) is 12.3. The Bertz CT molecular complexity index is 861. The monoisotopic (exact) mass is 318 g/mol. The zero-order valence-electron chi connectivity index (χ0n) is 12.3. The van der Waals surface area contributed by atoms with Gasteiger partial charge in [-0.1, -0.05) is 36.4 Å². The molecule has 7 heteroatoms. The van der Waals surface area contributed by atoms with Crippen molar-refractivity contribution < 1.29 is 14.4 Å². The molecule has 0 unspecified atom stereocenters. The summed E-state index contributed by atoms with van der Waals surface area (Å²) in [5, 5.41) is 0. The maximum Gasteiger partial charge on any atom is 0.327 e. The van der Waals surface area contributed by atoms with E-state index in [4.69, 9.17) is 0 Å². The molecule has 3 aliphatic heterocycles. The number of benzene rings is 2. The molecule has 0 saturated carbocycles. The predicted octanol–water partition coefficient (Wildman–Crippen LogP) is 3.07. The molecular formula is C17H10N4O3. The number of nitrogens with zero attached hydrogens (tertiary/aromatic N) is 4. The topological polar surface area (TPSA) is 82.4 Å². The number of carbonyl (C=O) groups is 1. The van der Waals surface area contributed by atoms with E-state index in [1.54, 1.807) is 34.1 Å². The van der Waals surface area contributed by atoms with Gasteiger partial charge in [0.1, 0.15) is 12.3 Å². The number of urea groups is 1. The summed E-state index contributed by atoms with van der Waals surface area (Å²) in [6.45, 7) is 0. The van der Waals surface area contributed by atoms with Crippen LogP contribution in [0.25, 0.3) is 0 Å². The fraction of sp³-hybridized carbons (Fsp3) is 0.118. The molecule has 2 amide bonds. The molecule has 5 rings (SSSR count). The first-order chi connectivity index (χ1) is 11.8. The third-order valence-corrected chi connectivity index (χ3v) is 4.26. The molecule has 116 valence electrons. The van der Waals surface area contributed by atoms with Crippen LogP contribution in [-0.2, 0) is 9.59 Å². The predicted molar refractivity (Wildman–Crippen MR) is 83.0 cm³/mol. The van der Waals surface area contributed by atoms with Crippen molar-refractivity contribution in [3.8, 4) is 0 Å². The average molecular weight is 318 g/mol. The quantitative estimate of drug-likeness (QED) is 0.641. The molecule has 0 N–H and O–H groups in total. The van der Waals surface area contributed by atoms with Crippen LogP contribution in [0, 0.1) is 0 Å². The Hall–Kier alpha value is -3.53. The number of aliphatic imine (C=N–C) groups is 2. The van der Waals surface area contributed by atoms with Crippen molar-refractivity contribution in [2.75, 3.05) is 0 Å². The lowest BCUT2D eigenvalue weighted by Gasteiger charge is -2.69. The Balaban J connectivity index is 1.69. The summed E-state index contributed by atoms with van der Waals surface area (Å²) in [7, 11) is 0. The van der Waals surface area contributed by atoms with Crippen molar-refractivity contribution in [1.82, 2.24) is 9.80 Å². The first-order valence-electron chi connectivity index (χ1n) is 7.22. The van der Waals surface area contributed by atoms with Gasteiger partial charge in [0.2, 0.25) is 12.2 Å². The summed E-state index contributed by atoms with van der Waals surface area (Å²) < 4.78 is 0. The van der Waals surface area contributed by atoms with Crippen LogP contribution in [-0.4, -0.2) is 28.0 Å². The minimum atomic E-state index is -0.274. The van der Waals surface area contributed by atoms with E-state index in [-0.39, 0.29) is 18.4 Å². The van der Waals surface area contributed by atoms with Gasteiger partial charge in [0, 0.05) is 11.1 Å². The molecule has 2 aromatic rings. The molecule has 0 aliphatic carbocycles. The van der Waals surface area contributed by atoms with Crippen LogP contribution in [0.2, 0.25) is 0 Å². The maximum absolute atomic E-state index is 12.0. The molecule has 24 heavy (non-hydrogen) atoms. The van der Waals surface area contributed by atoms with E-state index >= 15 is 0 Å². The summed E-state index contributed by atoms with van der Waals surface area (Å²) in [5.41, 5.74) is 2.48. The van der Waals surface area contributed by atoms with Gasteiger partial charge in [0.05, 0.1) is 11.4 Å². The Morgan fingerprint density at radius 2 is 1.17 bits per heavy atom. The average Bonchev–Trinajstić information content (AvgIpc) is 2.56. The number of para-hydroxylation sites is 2. The number of isocyanates is 2. The second-order valence-corrected chi connectivity index (χ2v) is 5.37. The summed E-state index contributed by atoms with van der Waals surface area (Å²) in [4.78, 5) is 43.9. The van der Waals surface area contributed by atoms with Crippen LogP contribution in [0.15, 0.2) is 58.5 Å². The van der Waals surface area contributed by atoms with Crippen LogP contribution in [0.5, 0.6) is 0 Å². The van der Waals surface area contributed by atoms with E-state index in [0.717, 1.165) is 11.1 Å². The van der Waals surface area contributed by atoms with Crippen molar-refractivity contribution in [1.29, 1.82) is 0 Å². The van der Waals surface area contributed by atoms with Crippen LogP contribution in [0.1, 0.15) is 23.5 Å². The van der Waals surface area contributed by atoms with Crippen molar-refractivity contribution >= 4 is 29.6 Å². The van der Waals surface area contributed by atoms with Gasteiger partial charge in [-0.15, -0.1) is 0 Å². The highest BCUT2D eigenvalue weighted by Crippen LogP contribution is 2.60. The molecule has 0 radical (unpaired) electrons. The number of rotatable bonds is 4. The molecule has 2 aromatic carbocycles. The number of hydrogen-bond donors (Lipinski definition) is 0. The van der Waals surface area contributed by atoms with Crippen LogP contribution in [0.3, 0.4) is 0 Å². The normalized spacial score (nSPS) is 20.4. The maximum atomic E-state index is 12.0. The summed E-state index contributed by atoms with van der Waals surface area (Å²) in [6.07, 6.45) is 2.52. The number of amides is 2. The highest BCUT2D eigenvalue weighted by Gasteiger charge is 2.66. The van der Waals surface area contributed by atoms with Gasteiger partial charge in [0.25, 0.3) is 0 Å². The van der Waals surface area contributed by atoms with Gasteiger partial charge in [-0.2, -0.15) is 9.98 Å². The van der Waals surface area contributed by atoms with E-state index in [1.807, 2.05) is 24.3 Å². The first-order valence-corrected chi connectivity index (χ1v) is 7.22. The lowest BCUT2D eigenvalue weighted by Crippen LogP contribution is -2.78. The van der Waals surface area contributed by atoms with Crippen LogP contribution >= 0.6 is 0 Å². The van der Waals surface area contributed by atoms with Crippen LogP contribution < -0.4 is 0 Å². The van der Waals surface area contributed by atoms with Gasteiger partial charge in [-0.25, -0.2) is 14.4 Å². The molecule has 3 saturated heterocycles. The van der Waals surface area contributed by atoms with Crippen LogP contribution in [0.4, 0.5) is 16.2 Å². The van der Waals surface area contributed by atoms with Gasteiger partial charge in [0.15, 0.2) is 0 Å². The molecule has 0 atom stereocenters. The SMILES string of the molecule is O=C=Nc1ccccc1C1N2C(=O)N1C2c1ccccc1N=C=O. The minimum Gasteiger partial charge on any atom is -0.274 e. The Kier molecular flexibility index (Phi) is 3.10. The molecule has 2 bridgehead atoms. The standard InChI is InChI=1S/C17H10N4O3/c22-9-18-13-7-3-1-5-11(13)15-20-16(21(15)17(20)24)12-6-2-4-8-14(12)19-10-23/h1-8,15-16H. The Morgan fingerprint density at radius 1 is 0.750 bits per heavy atom. The molecule has 0 aromatic heterocycles. The van der Waals surface area contributed by atoms with E-state index in [2.05, 4.69) is 9.98 Å². The second-order valence-electron chi connectivity index (χ2n) is 5.37. The fourth-order valence-corrected chi connectivity index (χ4v) is 3.22. The Morgan fingerprint density at radius 3 is 1.54 bits per heavy atom. The lowest BCUT2D eigenvalue weighted by molar-refractivity contribution is -0.215. The highest BCUT2D eigenvalue weighted by atomic mass is 16.2. The van der Waals surface area contributed by atoms with Gasteiger partial charge in [-0.3, -0.25) is 9.80 Å². The molecule has 3 heterocycles.